The van der Waals surface area contributed by atoms with Crippen molar-refractivity contribution in [2.24, 2.45) is 0 Å². The first-order valence-corrected chi connectivity index (χ1v) is 12.4. The molecule has 1 aliphatic heterocycles. The number of nitro groups is 1. The van der Waals surface area contributed by atoms with Crippen molar-refractivity contribution in [3.8, 4) is 0 Å². The normalized spacial score (nSPS) is 15.0. The van der Waals surface area contributed by atoms with E-state index in [1.165, 1.54) is 24.0 Å². The maximum Gasteiger partial charge on any atom is 0.283 e. The highest BCUT2D eigenvalue weighted by molar-refractivity contribution is 7.91. The molecule has 0 aliphatic carbocycles. The van der Waals surface area contributed by atoms with Gasteiger partial charge >= 0.3 is 0 Å². The first kappa shape index (κ1) is 24.5. The standard InChI is InChI=1S/C23H27N3O6S/c1-4-33(31,32)21-15-20(26(29)30)18(14-19(21)22(27)17-8-6-5-7-9-17)23(28)25-12-10-24(11-13-25)16(2)3/h5-9,14-16H,4,10-13H2,1-3H3. The van der Waals surface area contributed by atoms with Crippen LogP contribution in [0, 0.1) is 10.1 Å². The average Bonchev–Trinajstić information content (AvgIpc) is 2.82. The van der Waals surface area contributed by atoms with Crippen LogP contribution in [-0.4, -0.2) is 72.8 Å². The van der Waals surface area contributed by atoms with Crippen LogP contribution in [-0.2, 0) is 9.84 Å². The van der Waals surface area contributed by atoms with Gasteiger partial charge in [0, 0.05) is 49.4 Å². The first-order chi connectivity index (χ1) is 15.6. The minimum absolute atomic E-state index is 0.225. The molecular weight excluding hydrogens is 446 g/mol. The number of piperazine rings is 1. The molecule has 3 rings (SSSR count). The number of amides is 1. The third-order valence-corrected chi connectivity index (χ3v) is 7.62. The van der Waals surface area contributed by atoms with Gasteiger partial charge in [-0.2, -0.15) is 0 Å². The van der Waals surface area contributed by atoms with Crippen LogP contribution >= 0.6 is 0 Å². The summed E-state index contributed by atoms with van der Waals surface area (Å²) in [6, 6.07) is 10.3. The lowest BCUT2D eigenvalue weighted by Crippen LogP contribution is -2.50. The number of ketones is 1. The van der Waals surface area contributed by atoms with Gasteiger partial charge in [-0.05, 0) is 19.9 Å². The molecular formula is C23H27N3O6S. The van der Waals surface area contributed by atoms with Gasteiger partial charge in [-0.1, -0.05) is 37.3 Å². The predicted octanol–water partition coefficient (Wildman–Crippen LogP) is 2.79. The van der Waals surface area contributed by atoms with E-state index in [-0.39, 0.29) is 22.4 Å². The zero-order valence-corrected chi connectivity index (χ0v) is 19.7. The minimum Gasteiger partial charge on any atom is -0.336 e. The molecule has 1 amide bonds. The van der Waals surface area contributed by atoms with Crippen LogP contribution in [0.3, 0.4) is 0 Å². The Morgan fingerprint density at radius 2 is 1.64 bits per heavy atom. The van der Waals surface area contributed by atoms with Crippen molar-refractivity contribution in [3.05, 3.63) is 69.3 Å². The third kappa shape index (κ3) is 5.12. The lowest BCUT2D eigenvalue weighted by Gasteiger charge is -2.36. The fourth-order valence-corrected chi connectivity index (χ4v) is 4.93. The molecule has 10 heteroatoms. The molecule has 1 aliphatic rings. The summed E-state index contributed by atoms with van der Waals surface area (Å²) in [5, 5.41) is 11.8. The molecule has 0 radical (unpaired) electrons. The zero-order chi connectivity index (χ0) is 24.3. The SMILES string of the molecule is CCS(=O)(=O)c1cc([N+](=O)[O-])c(C(=O)N2CCN(C(C)C)CC2)cc1C(=O)c1ccccc1. The molecule has 0 aromatic heterocycles. The van der Waals surface area contributed by atoms with Crippen LogP contribution in [0.1, 0.15) is 47.1 Å². The molecule has 9 nitrogen and oxygen atoms in total. The number of carbonyl (C=O) groups excluding carboxylic acids is 2. The second-order valence-corrected chi connectivity index (χ2v) is 10.4. The highest BCUT2D eigenvalue weighted by Crippen LogP contribution is 2.30. The second-order valence-electron chi connectivity index (χ2n) is 8.14. The fourth-order valence-electron chi connectivity index (χ4n) is 3.84. The molecule has 0 bridgehead atoms. The molecule has 0 saturated carbocycles. The lowest BCUT2D eigenvalue weighted by molar-refractivity contribution is -0.385. The van der Waals surface area contributed by atoms with Crippen LogP contribution in [0.25, 0.3) is 0 Å². The highest BCUT2D eigenvalue weighted by atomic mass is 32.2. The maximum absolute atomic E-state index is 13.3. The molecule has 0 spiro atoms. The van der Waals surface area contributed by atoms with Gasteiger partial charge in [0.15, 0.2) is 15.6 Å². The van der Waals surface area contributed by atoms with Crippen molar-refractivity contribution in [2.45, 2.75) is 31.7 Å². The Labute approximate surface area is 193 Å². The van der Waals surface area contributed by atoms with Gasteiger partial charge in [-0.15, -0.1) is 0 Å². The van der Waals surface area contributed by atoms with Gasteiger partial charge in [-0.25, -0.2) is 8.42 Å². The first-order valence-electron chi connectivity index (χ1n) is 10.7. The van der Waals surface area contributed by atoms with Crippen molar-refractivity contribution in [2.75, 3.05) is 31.9 Å². The topological polar surface area (TPSA) is 118 Å². The van der Waals surface area contributed by atoms with Gasteiger partial charge in [0.2, 0.25) is 0 Å². The van der Waals surface area contributed by atoms with Crippen LogP contribution < -0.4 is 0 Å². The van der Waals surface area contributed by atoms with Gasteiger partial charge in [0.05, 0.1) is 15.6 Å². The van der Waals surface area contributed by atoms with Crippen LogP contribution in [0.2, 0.25) is 0 Å². The van der Waals surface area contributed by atoms with E-state index >= 15 is 0 Å². The van der Waals surface area contributed by atoms with E-state index in [0.717, 1.165) is 12.1 Å². The smallest absolute Gasteiger partial charge is 0.283 e. The Morgan fingerprint density at radius 3 is 2.15 bits per heavy atom. The van der Waals surface area contributed by atoms with Crippen molar-refractivity contribution in [1.29, 1.82) is 0 Å². The summed E-state index contributed by atoms with van der Waals surface area (Å²) in [7, 11) is -3.98. The summed E-state index contributed by atoms with van der Waals surface area (Å²) >= 11 is 0. The number of nitro benzene ring substituents is 1. The van der Waals surface area contributed by atoms with E-state index < -0.39 is 37.0 Å². The monoisotopic (exact) mass is 473 g/mol. The Balaban J connectivity index is 2.13. The van der Waals surface area contributed by atoms with E-state index in [1.54, 1.807) is 18.2 Å². The molecule has 0 atom stereocenters. The summed E-state index contributed by atoms with van der Waals surface area (Å²) in [4.78, 5) is 40.8. The molecule has 1 saturated heterocycles. The largest absolute Gasteiger partial charge is 0.336 e. The summed E-state index contributed by atoms with van der Waals surface area (Å²) in [6.45, 7) is 7.50. The number of hydrogen-bond donors (Lipinski definition) is 0. The molecule has 1 fully saturated rings. The fraction of sp³-hybridized carbons (Fsp3) is 0.391. The minimum atomic E-state index is -3.98. The Bertz CT molecular complexity index is 1170. The second kappa shape index (κ2) is 9.80. The van der Waals surface area contributed by atoms with Crippen molar-refractivity contribution < 1.29 is 22.9 Å². The van der Waals surface area contributed by atoms with Crippen LogP contribution in [0.15, 0.2) is 47.4 Å². The highest BCUT2D eigenvalue weighted by Gasteiger charge is 2.33. The molecule has 1 heterocycles. The molecule has 0 N–H and O–H groups in total. The Kier molecular flexibility index (Phi) is 7.28. The predicted molar refractivity (Wildman–Crippen MR) is 123 cm³/mol. The lowest BCUT2D eigenvalue weighted by atomic mass is 9.99. The number of benzene rings is 2. The molecule has 2 aromatic carbocycles. The third-order valence-electron chi connectivity index (χ3n) is 5.85. The number of nitrogens with zero attached hydrogens (tertiary/aromatic N) is 3. The van der Waals surface area contributed by atoms with E-state index in [4.69, 9.17) is 0 Å². The summed E-state index contributed by atoms with van der Waals surface area (Å²) < 4.78 is 25.5. The number of carbonyl (C=O) groups is 2. The summed E-state index contributed by atoms with van der Waals surface area (Å²) in [6.07, 6.45) is 0. The average molecular weight is 474 g/mol. The molecule has 0 unspecified atom stereocenters. The molecule has 2 aromatic rings. The van der Waals surface area contributed by atoms with E-state index in [9.17, 15) is 28.1 Å². The quantitative estimate of drug-likeness (QED) is 0.345. The van der Waals surface area contributed by atoms with E-state index in [2.05, 4.69) is 18.7 Å². The van der Waals surface area contributed by atoms with Crippen LogP contribution in [0.4, 0.5) is 5.69 Å². The van der Waals surface area contributed by atoms with E-state index in [0.29, 0.717) is 32.2 Å². The molecule has 33 heavy (non-hydrogen) atoms. The molecule has 176 valence electrons. The number of hydrogen-bond acceptors (Lipinski definition) is 7. The van der Waals surface area contributed by atoms with Gasteiger partial charge < -0.3 is 4.90 Å². The van der Waals surface area contributed by atoms with Crippen molar-refractivity contribution >= 4 is 27.2 Å². The van der Waals surface area contributed by atoms with E-state index in [1.807, 2.05) is 0 Å². The van der Waals surface area contributed by atoms with Crippen molar-refractivity contribution in [3.63, 3.8) is 0 Å². The Hall–Kier alpha value is -3.11. The van der Waals surface area contributed by atoms with Gasteiger partial charge in [0.25, 0.3) is 11.6 Å². The zero-order valence-electron chi connectivity index (χ0n) is 18.9. The van der Waals surface area contributed by atoms with Gasteiger partial charge in [-0.3, -0.25) is 24.6 Å². The maximum atomic E-state index is 13.3. The van der Waals surface area contributed by atoms with Gasteiger partial charge in [0.1, 0.15) is 5.56 Å². The van der Waals surface area contributed by atoms with Crippen molar-refractivity contribution in [1.82, 2.24) is 9.80 Å². The number of rotatable bonds is 7. The number of sulfone groups is 1. The summed E-state index contributed by atoms with van der Waals surface area (Å²) in [5.41, 5.74) is -0.920. The van der Waals surface area contributed by atoms with Crippen LogP contribution in [0.5, 0.6) is 0 Å². The Morgan fingerprint density at radius 1 is 1.03 bits per heavy atom. The summed E-state index contributed by atoms with van der Waals surface area (Å²) in [5.74, 6) is -1.55.